The summed E-state index contributed by atoms with van der Waals surface area (Å²) in [5.41, 5.74) is 3.29. The summed E-state index contributed by atoms with van der Waals surface area (Å²) in [6, 6.07) is 19.5. The number of nitrogens with zero attached hydrogens (tertiary/aromatic N) is 2. The third kappa shape index (κ3) is 4.11. The molecule has 0 bridgehead atoms. The van der Waals surface area contributed by atoms with Crippen LogP contribution in [0, 0.1) is 0 Å². The standard InChI is InChI=1S/C23H17N3O3/c1-15(27)25-17-6-8-18(9-7-17)29-23(28)20-14-22(16-10-12-24-13-11-16)26-21-5-3-2-4-19(20)21/h2-14H,1H3,(H,25,27). The highest BCUT2D eigenvalue weighted by Crippen LogP contribution is 2.26. The number of para-hydroxylation sites is 1. The highest BCUT2D eigenvalue weighted by Gasteiger charge is 2.16. The molecule has 4 aromatic rings. The van der Waals surface area contributed by atoms with E-state index in [0.717, 1.165) is 5.56 Å². The number of hydrogen-bond donors (Lipinski definition) is 1. The van der Waals surface area contributed by atoms with Gasteiger partial charge in [0.2, 0.25) is 5.91 Å². The minimum absolute atomic E-state index is 0.165. The molecular weight excluding hydrogens is 366 g/mol. The molecule has 6 heteroatoms. The Labute approximate surface area is 167 Å². The van der Waals surface area contributed by atoms with Crippen LogP contribution in [0.2, 0.25) is 0 Å². The lowest BCUT2D eigenvalue weighted by atomic mass is 10.0. The van der Waals surface area contributed by atoms with Gasteiger partial charge in [-0.15, -0.1) is 0 Å². The van der Waals surface area contributed by atoms with E-state index >= 15 is 0 Å². The second kappa shape index (κ2) is 7.90. The molecule has 0 saturated carbocycles. The zero-order valence-electron chi connectivity index (χ0n) is 15.6. The number of hydrogen-bond acceptors (Lipinski definition) is 5. The van der Waals surface area contributed by atoms with Crippen LogP contribution in [0.1, 0.15) is 17.3 Å². The van der Waals surface area contributed by atoms with Crippen molar-refractivity contribution in [2.45, 2.75) is 6.92 Å². The van der Waals surface area contributed by atoms with Gasteiger partial charge in [0.15, 0.2) is 0 Å². The molecule has 0 saturated heterocycles. The molecule has 2 aromatic heterocycles. The van der Waals surface area contributed by atoms with Gasteiger partial charge in [-0.05, 0) is 48.5 Å². The molecular formula is C23H17N3O3. The van der Waals surface area contributed by atoms with Gasteiger partial charge in [-0.3, -0.25) is 9.78 Å². The van der Waals surface area contributed by atoms with E-state index in [4.69, 9.17) is 4.74 Å². The van der Waals surface area contributed by atoms with Gasteiger partial charge in [0.1, 0.15) is 5.75 Å². The normalized spacial score (nSPS) is 10.5. The monoisotopic (exact) mass is 383 g/mol. The summed E-state index contributed by atoms with van der Waals surface area (Å²) in [6.07, 6.45) is 3.36. The average molecular weight is 383 g/mol. The molecule has 0 aliphatic heterocycles. The molecule has 29 heavy (non-hydrogen) atoms. The molecule has 6 nitrogen and oxygen atoms in total. The van der Waals surface area contributed by atoms with E-state index in [1.54, 1.807) is 42.7 Å². The lowest BCUT2D eigenvalue weighted by Gasteiger charge is -2.10. The van der Waals surface area contributed by atoms with Gasteiger partial charge in [0, 0.05) is 36.0 Å². The van der Waals surface area contributed by atoms with E-state index in [0.29, 0.717) is 33.6 Å². The fraction of sp³-hybridized carbons (Fsp3) is 0.0435. The summed E-state index contributed by atoms with van der Waals surface area (Å²) in [5, 5.41) is 3.39. The fourth-order valence-corrected chi connectivity index (χ4v) is 2.99. The molecule has 0 aliphatic carbocycles. The van der Waals surface area contributed by atoms with Crippen molar-refractivity contribution in [3.63, 3.8) is 0 Å². The third-order valence-electron chi connectivity index (χ3n) is 4.30. The number of rotatable bonds is 4. The van der Waals surface area contributed by atoms with E-state index in [9.17, 15) is 9.59 Å². The Morgan fingerprint density at radius 3 is 2.38 bits per heavy atom. The van der Waals surface area contributed by atoms with Crippen LogP contribution >= 0.6 is 0 Å². The van der Waals surface area contributed by atoms with Crippen molar-refractivity contribution in [1.29, 1.82) is 0 Å². The maximum absolute atomic E-state index is 12.9. The van der Waals surface area contributed by atoms with Crippen molar-refractivity contribution in [2.75, 3.05) is 5.32 Å². The van der Waals surface area contributed by atoms with Crippen molar-refractivity contribution >= 4 is 28.5 Å². The van der Waals surface area contributed by atoms with Gasteiger partial charge in [0.05, 0.1) is 16.8 Å². The van der Waals surface area contributed by atoms with Crippen molar-refractivity contribution in [1.82, 2.24) is 9.97 Å². The predicted molar refractivity (Wildman–Crippen MR) is 111 cm³/mol. The van der Waals surface area contributed by atoms with Crippen molar-refractivity contribution in [3.8, 4) is 17.0 Å². The van der Waals surface area contributed by atoms with Gasteiger partial charge >= 0.3 is 5.97 Å². The number of pyridine rings is 2. The number of ether oxygens (including phenoxy) is 1. The van der Waals surface area contributed by atoms with Gasteiger partial charge in [-0.25, -0.2) is 9.78 Å². The van der Waals surface area contributed by atoms with E-state index in [2.05, 4.69) is 15.3 Å². The number of aromatic nitrogens is 2. The van der Waals surface area contributed by atoms with Crippen LogP contribution in [0.3, 0.4) is 0 Å². The number of fused-ring (bicyclic) bond motifs is 1. The summed E-state index contributed by atoms with van der Waals surface area (Å²) >= 11 is 0. The Morgan fingerprint density at radius 1 is 0.931 bits per heavy atom. The molecule has 2 heterocycles. The first-order chi connectivity index (χ1) is 14.1. The van der Waals surface area contributed by atoms with Crippen molar-refractivity contribution < 1.29 is 14.3 Å². The Balaban J connectivity index is 1.69. The molecule has 0 unspecified atom stereocenters. The van der Waals surface area contributed by atoms with E-state index in [1.807, 2.05) is 36.4 Å². The van der Waals surface area contributed by atoms with Crippen LogP contribution in [0.5, 0.6) is 5.75 Å². The van der Waals surface area contributed by atoms with E-state index < -0.39 is 5.97 Å². The number of nitrogens with one attached hydrogen (secondary N) is 1. The zero-order chi connectivity index (χ0) is 20.2. The van der Waals surface area contributed by atoms with Crippen LogP contribution in [0.25, 0.3) is 22.2 Å². The van der Waals surface area contributed by atoms with Crippen molar-refractivity contribution in [2.24, 2.45) is 0 Å². The minimum atomic E-state index is -0.480. The van der Waals surface area contributed by atoms with Gasteiger partial charge in [-0.1, -0.05) is 18.2 Å². The van der Waals surface area contributed by atoms with Crippen molar-refractivity contribution in [3.05, 3.63) is 84.7 Å². The van der Waals surface area contributed by atoms with Crippen LogP contribution in [-0.2, 0) is 4.79 Å². The second-order valence-corrected chi connectivity index (χ2v) is 6.40. The largest absolute Gasteiger partial charge is 0.423 e. The lowest BCUT2D eigenvalue weighted by Crippen LogP contribution is -2.10. The first kappa shape index (κ1) is 18.3. The average Bonchev–Trinajstić information content (AvgIpc) is 2.74. The molecule has 4 rings (SSSR count). The summed E-state index contributed by atoms with van der Waals surface area (Å²) in [6.45, 7) is 1.43. The Morgan fingerprint density at radius 2 is 1.66 bits per heavy atom. The highest BCUT2D eigenvalue weighted by atomic mass is 16.5. The summed E-state index contributed by atoms with van der Waals surface area (Å²) < 4.78 is 5.57. The third-order valence-corrected chi connectivity index (χ3v) is 4.30. The predicted octanol–water partition coefficient (Wildman–Crippen LogP) is 4.47. The molecule has 0 aliphatic rings. The molecule has 0 radical (unpaired) electrons. The smallest absolute Gasteiger partial charge is 0.344 e. The molecule has 2 aromatic carbocycles. The number of amides is 1. The van der Waals surface area contributed by atoms with Crippen LogP contribution in [0.4, 0.5) is 5.69 Å². The summed E-state index contributed by atoms with van der Waals surface area (Å²) in [4.78, 5) is 32.8. The van der Waals surface area contributed by atoms with Gasteiger partial charge < -0.3 is 10.1 Å². The maximum atomic E-state index is 12.9. The summed E-state index contributed by atoms with van der Waals surface area (Å²) in [7, 11) is 0. The number of esters is 1. The SMILES string of the molecule is CC(=O)Nc1ccc(OC(=O)c2cc(-c3ccncc3)nc3ccccc23)cc1. The first-order valence-corrected chi connectivity index (χ1v) is 9.00. The number of anilines is 1. The quantitative estimate of drug-likeness (QED) is 0.415. The Bertz CT molecular complexity index is 1190. The lowest BCUT2D eigenvalue weighted by molar-refractivity contribution is -0.114. The fourth-order valence-electron chi connectivity index (χ4n) is 2.99. The molecule has 1 N–H and O–H groups in total. The Hall–Kier alpha value is -4.06. The second-order valence-electron chi connectivity index (χ2n) is 6.40. The molecule has 0 atom stereocenters. The van der Waals surface area contributed by atoms with Crippen LogP contribution in [-0.4, -0.2) is 21.8 Å². The van der Waals surface area contributed by atoms with Gasteiger partial charge in [-0.2, -0.15) is 0 Å². The van der Waals surface area contributed by atoms with E-state index in [-0.39, 0.29) is 5.91 Å². The number of carbonyl (C=O) groups excluding carboxylic acids is 2. The molecule has 1 amide bonds. The highest BCUT2D eigenvalue weighted by molar-refractivity contribution is 6.05. The van der Waals surface area contributed by atoms with Crippen LogP contribution in [0.15, 0.2) is 79.1 Å². The number of benzene rings is 2. The topological polar surface area (TPSA) is 81.2 Å². The summed E-state index contributed by atoms with van der Waals surface area (Å²) in [5.74, 6) is -0.261. The number of carbonyl (C=O) groups is 2. The van der Waals surface area contributed by atoms with E-state index in [1.165, 1.54) is 6.92 Å². The van der Waals surface area contributed by atoms with Crippen LogP contribution < -0.4 is 10.1 Å². The van der Waals surface area contributed by atoms with Gasteiger partial charge in [0.25, 0.3) is 0 Å². The minimum Gasteiger partial charge on any atom is -0.423 e. The maximum Gasteiger partial charge on any atom is 0.344 e. The first-order valence-electron chi connectivity index (χ1n) is 9.00. The molecule has 0 spiro atoms. The Kier molecular flexibility index (Phi) is 4.99. The molecule has 0 fully saturated rings. The molecule has 142 valence electrons. The zero-order valence-corrected chi connectivity index (χ0v) is 15.6.